The van der Waals surface area contributed by atoms with E-state index in [-0.39, 0.29) is 5.75 Å². The highest BCUT2D eigenvalue weighted by atomic mass is 16.3. The maximum Gasteiger partial charge on any atom is 0.140 e. The number of aromatic hydroxyl groups is 1. The lowest BCUT2D eigenvalue weighted by atomic mass is 9.71. The molecule has 136 valence electrons. The highest BCUT2D eigenvalue weighted by molar-refractivity contribution is 5.90. The van der Waals surface area contributed by atoms with Gasteiger partial charge >= 0.3 is 0 Å². The van der Waals surface area contributed by atoms with E-state index in [9.17, 15) is 9.90 Å². The summed E-state index contributed by atoms with van der Waals surface area (Å²) in [4.78, 5) is 16.3. The number of phenols is 1. The highest BCUT2D eigenvalue weighted by Crippen LogP contribution is 2.41. The number of benzene rings is 3. The summed E-state index contributed by atoms with van der Waals surface area (Å²) in [6, 6.07) is 22.2. The number of carbonyl (C=O) groups excluding carboxylic acids is 1. The minimum atomic E-state index is -1.08. The predicted octanol–water partition coefficient (Wildman–Crippen LogP) is 4.70. The Morgan fingerprint density at radius 2 is 1.75 bits per heavy atom. The van der Waals surface area contributed by atoms with Crippen molar-refractivity contribution in [2.75, 3.05) is 0 Å². The Hall–Kier alpha value is -3.77. The number of nitrogens with one attached hydrogen (secondary N) is 1. The number of H-pyrrole nitrogens is 1. The van der Waals surface area contributed by atoms with Crippen LogP contribution < -0.4 is 0 Å². The molecule has 1 heterocycles. The number of aldehydes is 1. The van der Waals surface area contributed by atoms with Crippen molar-refractivity contribution < 1.29 is 9.90 Å². The third-order valence-electron chi connectivity index (χ3n) is 5.34. The lowest BCUT2D eigenvalue weighted by molar-refractivity contribution is -0.110. The van der Waals surface area contributed by atoms with Gasteiger partial charge in [-0.1, -0.05) is 48.4 Å². The quantitative estimate of drug-likeness (QED) is 0.407. The average molecular weight is 365 g/mol. The number of aryl methyl sites for hydroxylation is 1. The van der Waals surface area contributed by atoms with Crippen molar-refractivity contribution in [2.45, 2.75) is 12.3 Å². The van der Waals surface area contributed by atoms with E-state index in [0.717, 1.165) is 39.6 Å². The average Bonchev–Trinajstić information content (AvgIpc) is 3.08. The number of para-hydroxylation sites is 1. The molecule has 4 rings (SSSR count). The summed E-state index contributed by atoms with van der Waals surface area (Å²) < 4.78 is 0. The Bertz CT molecular complexity index is 1210. The second-order valence-corrected chi connectivity index (χ2v) is 6.87. The van der Waals surface area contributed by atoms with E-state index in [0.29, 0.717) is 5.56 Å². The van der Waals surface area contributed by atoms with Crippen LogP contribution in [0.2, 0.25) is 0 Å². The molecule has 3 aromatic carbocycles. The SMILES string of the molecule is C#Cc1cccc([C@](C=O)(c2ccc(O)cc2)c2[nH]c3ccccc3c2C)c1. The standard InChI is InChI=1S/C25H19NO2/c1-3-18-7-6-8-20(15-18)25(16-27,19-11-13-21(28)14-12-19)24-17(2)22-9-4-5-10-23(22)26-24/h1,4-16,26,28H,2H3/t25-/m0/s1. The van der Waals surface area contributed by atoms with Gasteiger partial charge in [-0.15, -0.1) is 6.42 Å². The van der Waals surface area contributed by atoms with Gasteiger partial charge < -0.3 is 14.9 Å². The molecule has 4 aromatic rings. The van der Waals surface area contributed by atoms with Gasteiger partial charge in [0.1, 0.15) is 17.5 Å². The van der Waals surface area contributed by atoms with Crippen molar-refractivity contribution in [3.05, 3.63) is 101 Å². The largest absolute Gasteiger partial charge is 0.508 e. The molecule has 3 heteroatoms. The summed E-state index contributed by atoms with van der Waals surface area (Å²) in [6.45, 7) is 2.01. The molecule has 0 aliphatic heterocycles. The molecule has 0 radical (unpaired) electrons. The van der Waals surface area contributed by atoms with Crippen molar-refractivity contribution in [2.24, 2.45) is 0 Å². The Morgan fingerprint density at radius 1 is 1.00 bits per heavy atom. The summed E-state index contributed by atoms with van der Waals surface area (Å²) in [5.74, 6) is 2.80. The topological polar surface area (TPSA) is 53.1 Å². The van der Waals surface area contributed by atoms with Crippen LogP contribution in [0.15, 0.2) is 72.8 Å². The van der Waals surface area contributed by atoms with E-state index < -0.39 is 5.41 Å². The van der Waals surface area contributed by atoms with Crippen LogP contribution in [0, 0.1) is 19.3 Å². The maximum absolute atomic E-state index is 12.8. The van der Waals surface area contributed by atoms with E-state index in [4.69, 9.17) is 6.42 Å². The number of phenolic OH excluding ortho intramolecular Hbond substituents is 1. The van der Waals surface area contributed by atoms with Crippen molar-refractivity contribution in [1.29, 1.82) is 0 Å². The maximum atomic E-state index is 12.8. The number of carbonyl (C=O) groups is 1. The number of rotatable bonds is 4. The van der Waals surface area contributed by atoms with Gasteiger partial charge in [0.15, 0.2) is 0 Å². The van der Waals surface area contributed by atoms with Crippen LogP contribution in [-0.4, -0.2) is 16.4 Å². The third kappa shape index (κ3) is 2.59. The van der Waals surface area contributed by atoms with E-state index in [1.54, 1.807) is 24.3 Å². The Labute approximate surface area is 163 Å². The second-order valence-electron chi connectivity index (χ2n) is 6.87. The Morgan fingerprint density at radius 3 is 2.43 bits per heavy atom. The van der Waals surface area contributed by atoms with Gasteiger partial charge in [0, 0.05) is 22.2 Å². The summed E-state index contributed by atoms with van der Waals surface area (Å²) in [5.41, 5.74) is 3.92. The minimum absolute atomic E-state index is 0.147. The second kappa shape index (κ2) is 6.75. The van der Waals surface area contributed by atoms with E-state index in [1.807, 2.05) is 55.5 Å². The smallest absolute Gasteiger partial charge is 0.140 e. The Kier molecular flexibility index (Phi) is 4.25. The molecular formula is C25H19NO2. The van der Waals surface area contributed by atoms with Gasteiger partial charge in [0.25, 0.3) is 0 Å². The van der Waals surface area contributed by atoms with Gasteiger partial charge in [0.05, 0.1) is 0 Å². The molecule has 0 fully saturated rings. The fraction of sp³-hybridized carbons (Fsp3) is 0.0800. The first-order valence-electron chi connectivity index (χ1n) is 9.01. The van der Waals surface area contributed by atoms with Gasteiger partial charge in [-0.3, -0.25) is 0 Å². The van der Waals surface area contributed by atoms with E-state index in [2.05, 4.69) is 10.9 Å². The molecule has 0 aliphatic carbocycles. The molecule has 1 aromatic heterocycles. The van der Waals surface area contributed by atoms with Crippen molar-refractivity contribution in [3.63, 3.8) is 0 Å². The molecular weight excluding hydrogens is 346 g/mol. The van der Waals surface area contributed by atoms with Crippen molar-refractivity contribution >= 4 is 17.2 Å². The normalized spacial score (nSPS) is 13.0. The van der Waals surface area contributed by atoms with Crippen LogP contribution in [-0.2, 0) is 10.2 Å². The van der Waals surface area contributed by atoms with Crippen molar-refractivity contribution in [3.8, 4) is 18.1 Å². The molecule has 0 saturated heterocycles. The summed E-state index contributed by atoms with van der Waals surface area (Å²) in [6.07, 6.45) is 6.56. The zero-order valence-corrected chi connectivity index (χ0v) is 15.4. The summed E-state index contributed by atoms with van der Waals surface area (Å²) in [5, 5.41) is 10.8. The molecule has 0 spiro atoms. The number of aromatic nitrogens is 1. The van der Waals surface area contributed by atoms with Crippen molar-refractivity contribution in [1.82, 2.24) is 4.98 Å². The lowest BCUT2D eigenvalue weighted by Crippen LogP contribution is -2.32. The lowest BCUT2D eigenvalue weighted by Gasteiger charge is -2.30. The van der Waals surface area contributed by atoms with Crippen LogP contribution in [0.3, 0.4) is 0 Å². The molecule has 1 atom stereocenters. The Balaban J connectivity index is 2.10. The summed E-state index contributed by atoms with van der Waals surface area (Å²) in [7, 11) is 0. The number of terminal acetylenes is 1. The molecule has 2 N–H and O–H groups in total. The van der Waals surface area contributed by atoms with Gasteiger partial charge in [-0.2, -0.15) is 0 Å². The number of fused-ring (bicyclic) bond motifs is 1. The molecule has 0 amide bonds. The van der Waals surface area contributed by atoms with Crippen LogP contribution in [0.5, 0.6) is 5.75 Å². The molecule has 0 unspecified atom stereocenters. The van der Waals surface area contributed by atoms with E-state index >= 15 is 0 Å². The first-order valence-corrected chi connectivity index (χ1v) is 9.01. The molecule has 3 nitrogen and oxygen atoms in total. The minimum Gasteiger partial charge on any atom is -0.508 e. The number of aromatic amines is 1. The zero-order chi connectivity index (χ0) is 19.7. The highest BCUT2D eigenvalue weighted by Gasteiger charge is 2.39. The molecule has 0 aliphatic rings. The molecule has 0 saturated carbocycles. The molecule has 28 heavy (non-hydrogen) atoms. The monoisotopic (exact) mass is 365 g/mol. The molecule has 0 bridgehead atoms. The van der Waals surface area contributed by atoms with Crippen LogP contribution in [0.1, 0.15) is 27.9 Å². The van der Waals surface area contributed by atoms with Crippen LogP contribution in [0.4, 0.5) is 0 Å². The first-order chi connectivity index (χ1) is 13.6. The predicted molar refractivity (Wildman–Crippen MR) is 111 cm³/mol. The third-order valence-corrected chi connectivity index (χ3v) is 5.34. The van der Waals surface area contributed by atoms with Gasteiger partial charge in [0.2, 0.25) is 0 Å². The van der Waals surface area contributed by atoms with Gasteiger partial charge in [-0.25, -0.2) is 0 Å². The summed E-state index contributed by atoms with van der Waals surface area (Å²) >= 11 is 0. The number of hydrogen-bond acceptors (Lipinski definition) is 2. The van der Waals surface area contributed by atoms with E-state index in [1.165, 1.54) is 0 Å². The van der Waals surface area contributed by atoms with Crippen LogP contribution in [0.25, 0.3) is 10.9 Å². The fourth-order valence-corrected chi connectivity index (χ4v) is 3.91. The first kappa shape index (κ1) is 17.6. The zero-order valence-electron chi connectivity index (χ0n) is 15.4. The number of hydrogen-bond donors (Lipinski definition) is 2. The van der Waals surface area contributed by atoms with Gasteiger partial charge in [-0.05, 0) is 53.9 Å². The fourth-order valence-electron chi connectivity index (χ4n) is 3.91. The van der Waals surface area contributed by atoms with Crippen LogP contribution >= 0.6 is 0 Å².